The Balaban J connectivity index is -0.000000143. The van der Waals surface area contributed by atoms with E-state index in [9.17, 15) is 9.59 Å². The van der Waals surface area contributed by atoms with E-state index in [4.69, 9.17) is 10.2 Å². The molecule has 0 rings (SSSR count). The molecule has 4 nitrogen and oxygen atoms in total. The van der Waals surface area contributed by atoms with Crippen LogP contribution in [0.3, 0.4) is 0 Å². The van der Waals surface area contributed by atoms with Crippen molar-refractivity contribution >= 4 is 29.3 Å². The molecular weight excluding hydrogens is 187 g/mol. The maximum atomic E-state index is 9.70. The highest BCUT2D eigenvalue weighted by Crippen LogP contribution is 1.87. The third-order valence-electron chi connectivity index (χ3n) is 0.988. The first kappa shape index (κ1) is 18.3. The average molecular weight is 206 g/mol. The van der Waals surface area contributed by atoms with Gasteiger partial charge in [0.1, 0.15) is 0 Å². The minimum Gasteiger partial charge on any atom is -0.481 e. The molecule has 0 unspecified atom stereocenters. The Morgan fingerprint density at radius 2 is 0.923 bits per heavy atom. The van der Waals surface area contributed by atoms with Crippen molar-refractivity contribution in [2.24, 2.45) is 11.8 Å². The van der Waals surface area contributed by atoms with Crippen molar-refractivity contribution in [1.82, 2.24) is 0 Å². The lowest BCUT2D eigenvalue weighted by Gasteiger charge is -1.89. The topological polar surface area (TPSA) is 74.6 Å². The number of hydrogen-bond acceptors (Lipinski definition) is 2. The first-order valence-corrected chi connectivity index (χ1v) is 3.74. The largest absolute Gasteiger partial charge is 0.481 e. The van der Waals surface area contributed by atoms with Gasteiger partial charge in [-0.15, -0.1) is 0 Å². The molecule has 0 aromatic carbocycles. The van der Waals surface area contributed by atoms with Crippen LogP contribution in [0.15, 0.2) is 0 Å². The number of carboxylic acids is 2. The van der Waals surface area contributed by atoms with Crippen LogP contribution in [0.25, 0.3) is 0 Å². The predicted molar refractivity (Wildman–Crippen MR) is 54.9 cm³/mol. The highest BCUT2D eigenvalue weighted by atomic mass is 27.0. The number of carboxylic acid groups (broad SMARTS) is 2. The minimum absolute atomic E-state index is 0. The number of aliphatic carboxylic acids is 2. The molecule has 0 aromatic heterocycles. The summed E-state index contributed by atoms with van der Waals surface area (Å²) in [5.74, 6) is -1.94. The summed E-state index contributed by atoms with van der Waals surface area (Å²) in [6, 6.07) is 0. The monoisotopic (exact) mass is 206 g/mol. The van der Waals surface area contributed by atoms with Crippen molar-refractivity contribution in [1.29, 1.82) is 0 Å². The zero-order valence-corrected chi connectivity index (χ0v) is 7.87. The Kier molecular flexibility index (Phi) is 13.5. The molecule has 5 heteroatoms. The molecule has 0 saturated heterocycles. The molecule has 0 saturated carbocycles. The van der Waals surface area contributed by atoms with Crippen LogP contribution < -0.4 is 0 Å². The third-order valence-corrected chi connectivity index (χ3v) is 0.988. The van der Waals surface area contributed by atoms with Crippen LogP contribution in [-0.4, -0.2) is 39.5 Å². The van der Waals surface area contributed by atoms with Crippen LogP contribution in [0.2, 0.25) is 0 Å². The summed E-state index contributed by atoms with van der Waals surface area (Å²) >= 11 is 0. The van der Waals surface area contributed by atoms with Gasteiger partial charge < -0.3 is 10.2 Å². The van der Waals surface area contributed by atoms with Crippen LogP contribution in [0.1, 0.15) is 27.7 Å². The molecule has 0 radical (unpaired) electrons. The molecule has 0 atom stereocenters. The standard InChI is InChI=1S/2C4H8O2.Al.3H/c2*1-3(2)4(5)6;;;;/h2*3H,1-2H3,(H,5,6);;;;. The number of carbonyl (C=O) groups is 2. The summed E-state index contributed by atoms with van der Waals surface area (Å²) in [7, 11) is 0. The van der Waals surface area contributed by atoms with E-state index >= 15 is 0 Å². The second kappa shape index (κ2) is 9.56. The van der Waals surface area contributed by atoms with Gasteiger partial charge in [-0.25, -0.2) is 0 Å². The van der Waals surface area contributed by atoms with Crippen molar-refractivity contribution in [3.8, 4) is 0 Å². The van der Waals surface area contributed by atoms with Gasteiger partial charge >= 0.3 is 11.9 Å². The smallest absolute Gasteiger partial charge is 0.305 e. The maximum absolute atomic E-state index is 9.70. The van der Waals surface area contributed by atoms with E-state index < -0.39 is 11.9 Å². The lowest BCUT2D eigenvalue weighted by molar-refractivity contribution is -0.141. The second-order valence-electron chi connectivity index (χ2n) is 2.99. The van der Waals surface area contributed by atoms with Crippen molar-refractivity contribution in [2.45, 2.75) is 27.7 Å². The Hall–Kier alpha value is -0.528. The average Bonchev–Trinajstić information content (AvgIpc) is 1.88. The normalized spacial score (nSPS) is 8.46. The molecule has 13 heavy (non-hydrogen) atoms. The molecule has 0 spiro atoms. The fourth-order valence-electron chi connectivity index (χ4n) is 0. The molecule has 0 fully saturated rings. The summed E-state index contributed by atoms with van der Waals surface area (Å²) in [6.07, 6.45) is 0. The summed E-state index contributed by atoms with van der Waals surface area (Å²) in [6.45, 7) is 6.56. The van der Waals surface area contributed by atoms with Gasteiger partial charge in [0, 0.05) is 0 Å². The maximum Gasteiger partial charge on any atom is 0.305 e. The molecule has 0 aliphatic heterocycles. The van der Waals surface area contributed by atoms with Gasteiger partial charge in [0.25, 0.3) is 0 Å². The molecule has 0 bridgehead atoms. The Morgan fingerprint density at radius 3 is 0.923 bits per heavy atom. The highest BCUT2D eigenvalue weighted by molar-refractivity contribution is 5.75. The van der Waals surface area contributed by atoms with E-state index in [2.05, 4.69) is 0 Å². The first-order valence-electron chi connectivity index (χ1n) is 3.74. The van der Waals surface area contributed by atoms with Crippen LogP contribution in [0, 0.1) is 11.8 Å². The van der Waals surface area contributed by atoms with Gasteiger partial charge in [-0.2, -0.15) is 0 Å². The Labute approximate surface area is 89.1 Å². The molecule has 0 amide bonds. The summed E-state index contributed by atoms with van der Waals surface area (Å²) in [5, 5.41) is 16.0. The first-order chi connectivity index (χ1) is 5.29. The van der Waals surface area contributed by atoms with Crippen LogP contribution in [0.5, 0.6) is 0 Å². The van der Waals surface area contributed by atoms with Crippen molar-refractivity contribution in [2.75, 3.05) is 0 Å². The molecular formula is C8H19AlO4. The number of hydrogen-bond donors (Lipinski definition) is 2. The second-order valence-corrected chi connectivity index (χ2v) is 2.99. The highest BCUT2D eigenvalue weighted by Gasteiger charge is 1.99. The molecule has 0 aromatic rings. The lowest BCUT2D eigenvalue weighted by Crippen LogP contribution is -2.03. The van der Waals surface area contributed by atoms with Crippen LogP contribution in [-0.2, 0) is 9.59 Å². The zero-order valence-electron chi connectivity index (χ0n) is 7.87. The van der Waals surface area contributed by atoms with E-state index in [0.717, 1.165) is 0 Å². The fraction of sp³-hybridized carbons (Fsp3) is 0.750. The van der Waals surface area contributed by atoms with Gasteiger partial charge in [0.15, 0.2) is 17.4 Å². The Bertz CT molecular complexity index is 136. The summed E-state index contributed by atoms with van der Waals surface area (Å²) in [5.41, 5.74) is 0. The molecule has 0 aliphatic rings. The summed E-state index contributed by atoms with van der Waals surface area (Å²) < 4.78 is 0. The summed E-state index contributed by atoms with van der Waals surface area (Å²) in [4.78, 5) is 19.4. The van der Waals surface area contributed by atoms with Gasteiger partial charge in [-0.3, -0.25) is 9.59 Å². The SMILES string of the molecule is CC(C)C(=O)O.CC(C)C(=O)O.[AlH3]. The third kappa shape index (κ3) is 18.4. The van der Waals surface area contributed by atoms with E-state index in [-0.39, 0.29) is 29.2 Å². The van der Waals surface area contributed by atoms with Gasteiger partial charge in [0.2, 0.25) is 0 Å². The fourth-order valence-corrected chi connectivity index (χ4v) is 0. The lowest BCUT2D eigenvalue weighted by atomic mass is 10.2. The van der Waals surface area contributed by atoms with E-state index in [1.165, 1.54) is 0 Å². The molecule has 0 aliphatic carbocycles. The molecule has 2 N–H and O–H groups in total. The molecule has 78 valence electrons. The van der Waals surface area contributed by atoms with E-state index in [1.807, 2.05) is 0 Å². The van der Waals surface area contributed by atoms with Crippen molar-refractivity contribution < 1.29 is 19.8 Å². The predicted octanol–water partition coefficient (Wildman–Crippen LogP) is 0.270. The zero-order chi connectivity index (χ0) is 10.3. The van der Waals surface area contributed by atoms with Crippen molar-refractivity contribution in [3.63, 3.8) is 0 Å². The van der Waals surface area contributed by atoms with E-state index in [1.54, 1.807) is 27.7 Å². The van der Waals surface area contributed by atoms with Gasteiger partial charge in [-0.1, -0.05) is 27.7 Å². The quantitative estimate of drug-likeness (QED) is 0.636. The van der Waals surface area contributed by atoms with Crippen LogP contribution in [0.4, 0.5) is 0 Å². The molecule has 0 heterocycles. The van der Waals surface area contributed by atoms with Crippen LogP contribution >= 0.6 is 0 Å². The minimum atomic E-state index is -0.741. The Morgan fingerprint density at radius 1 is 0.846 bits per heavy atom. The van der Waals surface area contributed by atoms with E-state index in [0.29, 0.717) is 0 Å². The van der Waals surface area contributed by atoms with Crippen molar-refractivity contribution in [3.05, 3.63) is 0 Å². The number of rotatable bonds is 2. The van der Waals surface area contributed by atoms with Gasteiger partial charge in [-0.05, 0) is 0 Å². The van der Waals surface area contributed by atoms with Gasteiger partial charge in [0.05, 0.1) is 11.8 Å².